The van der Waals surface area contributed by atoms with Crippen molar-refractivity contribution in [1.29, 1.82) is 10.5 Å². The summed E-state index contributed by atoms with van der Waals surface area (Å²) < 4.78 is 16.3. The zero-order valence-corrected chi connectivity index (χ0v) is 18.8. The van der Waals surface area contributed by atoms with Crippen LogP contribution in [0.2, 0.25) is 0 Å². The van der Waals surface area contributed by atoms with E-state index in [9.17, 15) is 14.4 Å². The Morgan fingerprint density at radius 3 is 2.67 bits per heavy atom. The minimum Gasteiger partial charge on any atom is -0.308 e. The molecular formula is C25H20FN5OS. The number of aryl methyl sites for hydroxylation is 1. The van der Waals surface area contributed by atoms with E-state index in [1.54, 1.807) is 12.1 Å². The standard InChI is InChI=1S/C25H20FN5OS/c1-2-17-14-24(31-22-11-6-4-9-20(22)29-25(31)18(17)15-28)33-16-23(32)30(13-7-12-27)21-10-5-3-8-19(21)26/h3-6,8-11,14H,2,7,13,16H2,1H3. The molecule has 2 aromatic heterocycles. The lowest BCUT2D eigenvalue weighted by Crippen LogP contribution is -2.34. The fraction of sp³-hybridized carbons (Fsp3) is 0.200. The first-order valence-corrected chi connectivity index (χ1v) is 11.5. The Hall–Kier alpha value is -3.88. The maximum absolute atomic E-state index is 14.4. The zero-order chi connectivity index (χ0) is 23.4. The molecule has 0 fully saturated rings. The molecule has 164 valence electrons. The highest BCUT2D eigenvalue weighted by molar-refractivity contribution is 7.99. The minimum absolute atomic E-state index is 0.0381. The molecule has 0 aliphatic rings. The Bertz CT molecular complexity index is 1430. The summed E-state index contributed by atoms with van der Waals surface area (Å²) in [5.41, 5.74) is 3.70. The maximum atomic E-state index is 14.4. The van der Waals surface area contributed by atoms with Crippen molar-refractivity contribution in [3.8, 4) is 12.1 Å². The van der Waals surface area contributed by atoms with Gasteiger partial charge in [0.05, 0.1) is 45.6 Å². The second-order valence-corrected chi connectivity index (χ2v) is 8.30. The number of aromatic nitrogens is 2. The van der Waals surface area contributed by atoms with Crippen LogP contribution in [0.15, 0.2) is 59.6 Å². The normalized spacial score (nSPS) is 10.8. The average Bonchev–Trinajstić information content (AvgIpc) is 3.23. The number of carbonyl (C=O) groups is 1. The van der Waals surface area contributed by atoms with E-state index in [2.05, 4.69) is 11.1 Å². The fourth-order valence-corrected chi connectivity index (χ4v) is 4.75. The van der Waals surface area contributed by atoms with Crippen molar-refractivity contribution in [3.05, 3.63) is 71.5 Å². The summed E-state index contributed by atoms with van der Waals surface area (Å²) >= 11 is 1.31. The third kappa shape index (κ3) is 4.26. The molecule has 0 aliphatic heterocycles. The number of fused-ring (bicyclic) bond motifs is 3. The number of nitrogens with zero attached hydrogens (tertiary/aromatic N) is 5. The highest BCUT2D eigenvalue weighted by Crippen LogP contribution is 2.30. The van der Waals surface area contributed by atoms with Gasteiger partial charge in [0.1, 0.15) is 11.9 Å². The van der Waals surface area contributed by atoms with Gasteiger partial charge in [-0.05, 0) is 42.3 Å². The molecule has 0 saturated heterocycles. The molecule has 0 N–H and O–H groups in total. The molecule has 0 bridgehead atoms. The third-order valence-electron chi connectivity index (χ3n) is 5.35. The first-order chi connectivity index (χ1) is 16.1. The molecule has 0 unspecified atom stereocenters. The largest absolute Gasteiger partial charge is 0.308 e. The van der Waals surface area contributed by atoms with Crippen molar-refractivity contribution < 1.29 is 9.18 Å². The Morgan fingerprint density at radius 1 is 1.18 bits per heavy atom. The summed E-state index contributed by atoms with van der Waals surface area (Å²) in [6, 6.07) is 19.9. The summed E-state index contributed by atoms with van der Waals surface area (Å²) in [7, 11) is 0. The summed E-state index contributed by atoms with van der Waals surface area (Å²) in [4.78, 5) is 19.1. The number of hydrogen-bond donors (Lipinski definition) is 0. The molecule has 2 heterocycles. The number of anilines is 1. The van der Waals surface area contributed by atoms with Crippen molar-refractivity contribution in [2.45, 2.75) is 24.8 Å². The predicted octanol–water partition coefficient (Wildman–Crippen LogP) is 5.10. The van der Waals surface area contributed by atoms with Gasteiger partial charge in [-0.25, -0.2) is 9.37 Å². The van der Waals surface area contributed by atoms with E-state index in [0.29, 0.717) is 17.6 Å². The number of rotatable bonds is 7. The minimum atomic E-state index is -0.511. The highest BCUT2D eigenvalue weighted by atomic mass is 32.2. The van der Waals surface area contributed by atoms with Crippen LogP contribution in [0.5, 0.6) is 0 Å². The van der Waals surface area contributed by atoms with Crippen molar-refractivity contribution in [2.24, 2.45) is 0 Å². The van der Waals surface area contributed by atoms with Gasteiger partial charge >= 0.3 is 0 Å². The maximum Gasteiger partial charge on any atom is 0.237 e. The number of para-hydroxylation sites is 3. The molecular weight excluding hydrogens is 437 g/mol. The number of benzene rings is 2. The quantitative estimate of drug-likeness (QED) is 0.361. The van der Waals surface area contributed by atoms with Gasteiger partial charge in [0.15, 0.2) is 5.65 Å². The summed E-state index contributed by atoms with van der Waals surface area (Å²) in [5.74, 6) is -0.778. The van der Waals surface area contributed by atoms with Gasteiger partial charge in [-0.15, -0.1) is 0 Å². The van der Waals surface area contributed by atoms with Gasteiger partial charge in [0.25, 0.3) is 0 Å². The average molecular weight is 458 g/mol. The number of halogens is 1. The van der Waals surface area contributed by atoms with Gasteiger partial charge in [-0.2, -0.15) is 10.5 Å². The van der Waals surface area contributed by atoms with Gasteiger partial charge in [0.2, 0.25) is 5.91 Å². The van der Waals surface area contributed by atoms with E-state index in [1.807, 2.05) is 47.7 Å². The molecule has 1 amide bonds. The van der Waals surface area contributed by atoms with Gasteiger partial charge in [-0.3, -0.25) is 9.20 Å². The second-order valence-electron chi connectivity index (χ2n) is 7.30. The first kappa shape index (κ1) is 22.3. The Morgan fingerprint density at radius 2 is 1.94 bits per heavy atom. The molecule has 0 saturated carbocycles. The number of imidazole rings is 1. The third-order valence-corrected chi connectivity index (χ3v) is 6.34. The molecule has 33 heavy (non-hydrogen) atoms. The number of hydrogen-bond acceptors (Lipinski definition) is 5. The first-order valence-electron chi connectivity index (χ1n) is 10.5. The number of amides is 1. The SMILES string of the molecule is CCc1cc(SCC(=O)N(CCC#N)c2ccccc2F)n2c(nc3ccccc32)c1C#N. The lowest BCUT2D eigenvalue weighted by Gasteiger charge is -2.22. The van der Waals surface area contributed by atoms with Crippen LogP contribution in [0, 0.1) is 28.5 Å². The van der Waals surface area contributed by atoms with Crippen LogP contribution in [0.25, 0.3) is 16.7 Å². The number of nitriles is 2. The van der Waals surface area contributed by atoms with Crippen molar-refractivity contribution in [1.82, 2.24) is 9.38 Å². The molecule has 0 atom stereocenters. The van der Waals surface area contributed by atoms with Crippen molar-refractivity contribution in [3.63, 3.8) is 0 Å². The summed E-state index contributed by atoms with van der Waals surface area (Å²) in [5, 5.41) is 19.5. The molecule has 0 spiro atoms. The summed E-state index contributed by atoms with van der Waals surface area (Å²) in [6.45, 7) is 2.07. The summed E-state index contributed by atoms with van der Waals surface area (Å²) in [6.07, 6.45) is 0.742. The number of carbonyl (C=O) groups excluding carboxylic acids is 1. The molecule has 4 aromatic rings. The zero-order valence-electron chi connectivity index (χ0n) is 18.0. The second kappa shape index (κ2) is 9.72. The van der Waals surface area contributed by atoms with Crippen LogP contribution in [-0.4, -0.2) is 27.6 Å². The van der Waals surface area contributed by atoms with Crippen LogP contribution in [0.3, 0.4) is 0 Å². The van der Waals surface area contributed by atoms with Crippen LogP contribution < -0.4 is 4.90 Å². The van der Waals surface area contributed by atoms with Crippen LogP contribution in [0.4, 0.5) is 10.1 Å². The topological polar surface area (TPSA) is 85.2 Å². The fourth-order valence-electron chi connectivity index (χ4n) is 3.78. The van der Waals surface area contributed by atoms with E-state index in [4.69, 9.17) is 5.26 Å². The van der Waals surface area contributed by atoms with E-state index in [0.717, 1.165) is 21.6 Å². The Balaban J connectivity index is 1.73. The molecule has 6 nitrogen and oxygen atoms in total. The van der Waals surface area contributed by atoms with Crippen molar-refractivity contribution >= 4 is 40.0 Å². The van der Waals surface area contributed by atoms with Crippen LogP contribution in [0.1, 0.15) is 24.5 Å². The van der Waals surface area contributed by atoms with Gasteiger partial charge < -0.3 is 4.90 Å². The van der Waals surface area contributed by atoms with Crippen LogP contribution >= 0.6 is 11.8 Å². The van der Waals surface area contributed by atoms with E-state index in [1.165, 1.54) is 28.8 Å². The molecule has 2 aromatic carbocycles. The van der Waals surface area contributed by atoms with Gasteiger partial charge in [0, 0.05) is 6.54 Å². The Kier molecular flexibility index (Phi) is 6.58. The van der Waals surface area contributed by atoms with E-state index >= 15 is 0 Å². The predicted molar refractivity (Wildman–Crippen MR) is 126 cm³/mol. The monoisotopic (exact) mass is 457 g/mol. The van der Waals surface area contributed by atoms with Crippen LogP contribution in [-0.2, 0) is 11.2 Å². The number of thioether (sulfide) groups is 1. The molecule has 8 heteroatoms. The number of pyridine rings is 1. The Labute approximate surface area is 194 Å². The lowest BCUT2D eigenvalue weighted by molar-refractivity contribution is -0.116. The van der Waals surface area contributed by atoms with E-state index in [-0.39, 0.29) is 30.3 Å². The van der Waals surface area contributed by atoms with E-state index < -0.39 is 5.82 Å². The smallest absolute Gasteiger partial charge is 0.237 e. The molecule has 0 aliphatic carbocycles. The molecule has 4 rings (SSSR count). The van der Waals surface area contributed by atoms with Gasteiger partial charge in [-0.1, -0.05) is 43.0 Å². The highest BCUT2D eigenvalue weighted by Gasteiger charge is 2.21. The molecule has 0 radical (unpaired) electrons. The van der Waals surface area contributed by atoms with Crippen molar-refractivity contribution in [2.75, 3.05) is 17.2 Å². The lowest BCUT2D eigenvalue weighted by atomic mass is 10.1.